The van der Waals surface area contributed by atoms with Crippen molar-refractivity contribution in [2.24, 2.45) is 11.8 Å². The van der Waals surface area contributed by atoms with Crippen LogP contribution < -0.4 is 4.90 Å². The van der Waals surface area contributed by atoms with Gasteiger partial charge in [-0.3, -0.25) is 0 Å². The fourth-order valence-corrected chi connectivity index (χ4v) is 2.30. The third-order valence-corrected chi connectivity index (χ3v) is 3.89. The molecule has 1 fully saturated rings. The van der Waals surface area contributed by atoms with Crippen LogP contribution in [0.4, 0.5) is 5.69 Å². The van der Waals surface area contributed by atoms with Gasteiger partial charge in [0.05, 0.1) is 6.10 Å². The number of hydrogen-bond donors (Lipinski definition) is 1. The van der Waals surface area contributed by atoms with Crippen LogP contribution in [0, 0.1) is 11.8 Å². The van der Waals surface area contributed by atoms with E-state index in [1.807, 2.05) is 19.1 Å². The molecule has 0 bridgehead atoms. The number of nitrogens with zero attached hydrogens (tertiary/aromatic N) is 1. The number of aliphatic hydroxyl groups excluding tert-OH is 1. The van der Waals surface area contributed by atoms with Crippen LogP contribution in [0.25, 0.3) is 0 Å². The van der Waals surface area contributed by atoms with Gasteiger partial charge in [-0.2, -0.15) is 0 Å². The molecule has 2 heteroatoms. The van der Waals surface area contributed by atoms with Gasteiger partial charge in [-0.1, -0.05) is 26.0 Å². The van der Waals surface area contributed by atoms with Crippen LogP contribution in [0.3, 0.4) is 0 Å². The predicted octanol–water partition coefficient (Wildman–Crippen LogP) is 3.22. The highest BCUT2D eigenvalue weighted by molar-refractivity contribution is 5.47. The normalized spacial score (nSPS) is 24.5. The molecule has 1 aliphatic rings. The van der Waals surface area contributed by atoms with Crippen molar-refractivity contribution in [3.63, 3.8) is 0 Å². The van der Waals surface area contributed by atoms with Crippen molar-refractivity contribution in [3.8, 4) is 0 Å². The van der Waals surface area contributed by atoms with E-state index in [9.17, 15) is 5.11 Å². The lowest BCUT2D eigenvalue weighted by Crippen LogP contribution is -2.20. The maximum atomic E-state index is 9.74. The molecule has 1 N–H and O–H groups in total. The molecule has 3 atom stereocenters. The Balaban J connectivity index is 1.96. The molecule has 0 aliphatic heterocycles. The van der Waals surface area contributed by atoms with Gasteiger partial charge < -0.3 is 10.0 Å². The molecule has 1 saturated carbocycles. The van der Waals surface area contributed by atoms with Crippen molar-refractivity contribution in [1.82, 2.24) is 0 Å². The molecule has 3 unspecified atom stereocenters. The average Bonchev–Trinajstić information content (AvgIpc) is 3.04. The third kappa shape index (κ3) is 3.01. The first kappa shape index (κ1) is 12.4. The van der Waals surface area contributed by atoms with Crippen LogP contribution in [-0.4, -0.2) is 18.7 Å². The standard InChI is InChI=1S/C15H23NO/c1-4-15(17)12-5-7-14(8-6-12)16(3)10-13-9-11(13)2/h5-8,11,13,15,17H,4,9-10H2,1-3H3. The summed E-state index contributed by atoms with van der Waals surface area (Å²) in [5.74, 6) is 1.78. The zero-order chi connectivity index (χ0) is 12.4. The Bertz CT molecular complexity index is 360. The van der Waals surface area contributed by atoms with E-state index in [2.05, 4.69) is 31.0 Å². The average molecular weight is 233 g/mol. The van der Waals surface area contributed by atoms with Gasteiger partial charge in [0.2, 0.25) is 0 Å². The van der Waals surface area contributed by atoms with Gasteiger partial charge in [0, 0.05) is 19.3 Å². The van der Waals surface area contributed by atoms with E-state index in [0.29, 0.717) is 0 Å². The summed E-state index contributed by atoms with van der Waals surface area (Å²) in [6, 6.07) is 8.30. The van der Waals surface area contributed by atoms with E-state index in [4.69, 9.17) is 0 Å². The summed E-state index contributed by atoms with van der Waals surface area (Å²) in [7, 11) is 2.15. The largest absolute Gasteiger partial charge is 0.388 e. The highest BCUT2D eigenvalue weighted by Crippen LogP contribution is 2.38. The highest BCUT2D eigenvalue weighted by atomic mass is 16.3. The summed E-state index contributed by atoms with van der Waals surface area (Å²) in [5, 5.41) is 9.74. The van der Waals surface area contributed by atoms with Gasteiger partial charge in [0.1, 0.15) is 0 Å². The first-order valence-electron chi connectivity index (χ1n) is 6.61. The topological polar surface area (TPSA) is 23.5 Å². The minimum atomic E-state index is -0.321. The number of hydrogen-bond acceptors (Lipinski definition) is 2. The number of rotatable bonds is 5. The molecule has 0 amide bonds. The summed E-state index contributed by atoms with van der Waals surface area (Å²) in [4.78, 5) is 2.32. The second-order valence-corrected chi connectivity index (χ2v) is 5.37. The van der Waals surface area contributed by atoms with E-state index in [1.54, 1.807) is 0 Å². The Morgan fingerprint density at radius 2 is 1.94 bits per heavy atom. The molecule has 2 nitrogen and oxygen atoms in total. The first-order chi connectivity index (χ1) is 8.11. The Labute approximate surface area is 104 Å². The van der Waals surface area contributed by atoms with E-state index in [1.165, 1.54) is 12.1 Å². The fourth-order valence-electron chi connectivity index (χ4n) is 2.30. The first-order valence-corrected chi connectivity index (χ1v) is 6.61. The summed E-state index contributed by atoms with van der Waals surface area (Å²) >= 11 is 0. The molecule has 1 aromatic rings. The van der Waals surface area contributed by atoms with Crippen molar-refractivity contribution in [3.05, 3.63) is 29.8 Å². The van der Waals surface area contributed by atoms with Gasteiger partial charge in [0.15, 0.2) is 0 Å². The zero-order valence-electron chi connectivity index (χ0n) is 11.1. The molecule has 0 saturated heterocycles. The third-order valence-electron chi connectivity index (χ3n) is 3.89. The van der Waals surface area contributed by atoms with Gasteiger partial charge in [-0.05, 0) is 42.4 Å². The van der Waals surface area contributed by atoms with E-state index < -0.39 is 0 Å². The molecular formula is C15H23NO. The van der Waals surface area contributed by atoms with Crippen LogP contribution in [0.15, 0.2) is 24.3 Å². The Hall–Kier alpha value is -1.02. The lowest BCUT2D eigenvalue weighted by molar-refractivity contribution is 0.173. The van der Waals surface area contributed by atoms with E-state index in [0.717, 1.165) is 30.4 Å². The molecule has 0 radical (unpaired) electrons. The zero-order valence-corrected chi connectivity index (χ0v) is 11.1. The van der Waals surface area contributed by atoms with Crippen molar-refractivity contribution in [1.29, 1.82) is 0 Å². The van der Waals surface area contributed by atoms with Gasteiger partial charge in [-0.15, -0.1) is 0 Å². The fraction of sp³-hybridized carbons (Fsp3) is 0.600. The highest BCUT2D eigenvalue weighted by Gasteiger charge is 2.33. The maximum absolute atomic E-state index is 9.74. The molecule has 1 aromatic carbocycles. The monoisotopic (exact) mass is 233 g/mol. The summed E-state index contributed by atoms with van der Waals surface area (Å²) < 4.78 is 0. The Morgan fingerprint density at radius 1 is 1.35 bits per heavy atom. The molecule has 17 heavy (non-hydrogen) atoms. The number of anilines is 1. The van der Waals surface area contributed by atoms with Gasteiger partial charge in [0.25, 0.3) is 0 Å². The minimum absolute atomic E-state index is 0.321. The van der Waals surface area contributed by atoms with Crippen LogP contribution in [0.1, 0.15) is 38.4 Å². The number of aliphatic hydroxyl groups is 1. The summed E-state index contributed by atoms with van der Waals surface area (Å²) in [5.41, 5.74) is 2.26. The quantitative estimate of drug-likeness (QED) is 0.844. The second kappa shape index (κ2) is 5.09. The Kier molecular flexibility index (Phi) is 3.72. The molecular weight excluding hydrogens is 210 g/mol. The van der Waals surface area contributed by atoms with Crippen LogP contribution >= 0.6 is 0 Å². The lowest BCUT2D eigenvalue weighted by atomic mass is 10.1. The lowest BCUT2D eigenvalue weighted by Gasteiger charge is -2.20. The maximum Gasteiger partial charge on any atom is 0.0787 e. The van der Waals surface area contributed by atoms with Crippen LogP contribution in [-0.2, 0) is 0 Å². The summed E-state index contributed by atoms with van der Waals surface area (Å²) in [6.45, 7) is 5.47. The molecule has 0 aromatic heterocycles. The van der Waals surface area contributed by atoms with Crippen LogP contribution in [0.5, 0.6) is 0 Å². The van der Waals surface area contributed by atoms with Crippen LogP contribution in [0.2, 0.25) is 0 Å². The second-order valence-electron chi connectivity index (χ2n) is 5.37. The molecule has 0 heterocycles. The molecule has 1 aliphatic carbocycles. The van der Waals surface area contributed by atoms with Gasteiger partial charge in [-0.25, -0.2) is 0 Å². The minimum Gasteiger partial charge on any atom is -0.388 e. The summed E-state index contributed by atoms with van der Waals surface area (Å²) in [6.07, 6.45) is 1.82. The smallest absolute Gasteiger partial charge is 0.0787 e. The van der Waals surface area contributed by atoms with Gasteiger partial charge >= 0.3 is 0 Å². The van der Waals surface area contributed by atoms with Crippen molar-refractivity contribution in [2.45, 2.75) is 32.8 Å². The predicted molar refractivity (Wildman–Crippen MR) is 72.2 cm³/mol. The van der Waals surface area contributed by atoms with Crippen molar-refractivity contribution < 1.29 is 5.11 Å². The van der Waals surface area contributed by atoms with E-state index in [-0.39, 0.29) is 6.10 Å². The van der Waals surface area contributed by atoms with E-state index >= 15 is 0 Å². The molecule has 2 rings (SSSR count). The van der Waals surface area contributed by atoms with Crippen molar-refractivity contribution >= 4 is 5.69 Å². The van der Waals surface area contributed by atoms with Crippen molar-refractivity contribution in [2.75, 3.05) is 18.5 Å². The SMILES string of the molecule is CCC(O)c1ccc(N(C)CC2CC2C)cc1. The molecule has 0 spiro atoms. The number of benzene rings is 1. The Morgan fingerprint density at radius 3 is 2.41 bits per heavy atom. The molecule has 94 valence electrons.